The highest BCUT2D eigenvalue weighted by atomic mass is 15.0. The number of benzene rings is 8. The third-order valence-corrected chi connectivity index (χ3v) is 16.9. The molecule has 0 fully saturated rings. The summed E-state index contributed by atoms with van der Waals surface area (Å²) >= 11 is 0. The van der Waals surface area contributed by atoms with Crippen LogP contribution in [0.2, 0.25) is 0 Å². The lowest BCUT2D eigenvalue weighted by atomic mass is 9.34. The Hall–Kier alpha value is -7.10. The van der Waals surface area contributed by atoms with Crippen molar-refractivity contribution in [2.24, 2.45) is 0 Å². The van der Waals surface area contributed by atoms with Crippen LogP contribution in [0.5, 0.6) is 0 Å². The topological polar surface area (TPSA) is 9.86 Å². The van der Waals surface area contributed by atoms with E-state index in [4.69, 9.17) is 0 Å². The van der Waals surface area contributed by atoms with Gasteiger partial charge < -0.3 is 9.13 Å². The van der Waals surface area contributed by atoms with Gasteiger partial charge in [0.05, 0.1) is 5.52 Å². The average Bonchev–Trinajstić information content (AvgIpc) is 3.88. The Bertz CT molecular complexity index is 4040. The molecule has 8 aromatic carbocycles. The molecule has 0 saturated carbocycles. The molecule has 10 aromatic rings. The second-order valence-electron chi connectivity index (χ2n) is 25.8. The highest BCUT2D eigenvalue weighted by Gasteiger charge is 2.41. The van der Waals surface area contributed by atoms with Crippen LogP contribution in [0.25, 0.3) is 89.6 Å². The Morgan fingerprint density at radius 1 is 0.411 bits per heavy atom. The minimum absolute atomic E-state index is 0.00427. The van der Waals surface area contributed by atoms with Crippen molar-refractivity contribution in [1.29, 1.82) is 0 Å². The Labute approximate surface area is 432 Å². The second kappa shape index (κ2) is 15.7. The van der Waals surface area contributed by atoms with Crippen LogP contribution in [-0.2, 0) is 21.7 Å². The fourth-order valence-electron chi connectivity index (χ4n) is 12.7. The van der Waals surface area contributed by atoms with Gasteiger partial charge in [0.1, 0.15) is 0 Å². The van der Waals surface area contributed by atoms with Crippen molar-refractivity contribution >= 4 is 68.0 Å². The summed E-state index contributed by atoms with van der Waals surface area (Å²) in [5, 5.41) is 6.59. The maximum atomic E-state index is 2.65. The molecule has 0 bridgehead atoms. The van der Waals surface area contributed by atoms with E-state index >= 15 is 0 Å². The van der Waals surface area contributed by atoms with E-state index in [0.29, 0.717) is 0 Å². The normalized spacial score (nSPS) is 15.1. The maximum absolute atomic E-state index is 2.65. The van der Waals surface area contributed by atoms with Crippen LogP contribution in [0, 0.1) is 0 Å². The van der Waals surface area contributed by atoms with Gasteiger partial charge in [-0.05, 0) is 142 Å². The van der Waals surface area contributed by atoms with Crippen LogP contribution >= 0.6 is 0 Å². The molecule has 4 heterocycles. The van der Waals surface area contributed by atoms with E-state index in [9.17, 15) is 0 Å². The molecule has 3 heteroatoms. The highest BCUT2D eigenvalue weighted by molar-refractivity contribution is 7.00. The summed E-state index contributed by atoms with van der Waals surface area (Å²) in [5.41, 5.74) is 25.3. The first-order valence-electron chi connectivity index (χ1n) is 26.8. The zero-order chi connectivity index (χ0) is 50.7. The number of rotatable bonds is 4. The minimum Gasteiger partial charge on any atom is -0.311 e. The molecular formula is C70H67BN2. The minimum atomic E-state index is 0.00427. The third-order valence-electron chi connectivity index (χ3n) is 16.9. The summed E-state index contributed by atoms with van der Waals surface area (Å²) in [7, 11) is 0. The van der Waals surface area contributed by atoms with E-state index in [1.807, 2.05) is 0 Å². The van der Waals surface area contributed by atoms with Crippen molar-refractivity contribution in [3.8, 4) is 44.8 Å². The summed E-state index contributed by atoms with van der Waals surface area (Å²) in [4.78, 5) is 0. The lowest BCUT2D eigenvalue weighted by molar-refractivity contribution is 0.589. The predicted molar refractivity (Wildman–Crippen MR) is 315 cm³/mol. The summed E-state index contributed by atoms with van der Waals surface area (Å²) < 4.78 is 5.27. The molecule has 1 aliphatic carbocycles. The Balaban J connectivity index is 1.10. The van der Waals surface area contributed by atoms with Crippen molar-refractivity contribution in [2.45, 2.75) is 117 Å². The molecule has 1 atom stereocenters. The van der Waals surface area contributed by atoms with Gasteiger partial charge in [0, 0.05) is 55.1 Å². The summed E-state index contributed by atoms with van der Waals surface area (Å²) in [6.45, 7) is 27.6. The van der Waals surface area contributed by atoms with E-state index in [2.05, 4.69) is 262 Å². The number of nitrogens with zero attached hydrogens (tertiary/aromatic N) is 2. The molecule has 0 radical (unpaired) electrons. The fourth-order valence-corrected chi connectivity index (χ4v) is 12.7. The van der Waals surface area contributed by atoms with Crippen LogP contribution in [0.3, 0.4) is 0 Å². The SMILES string of the molecule is CC(C)(C)c1ccc(-c2cc3c4c(c2)c2c(n4-c4cccc5c4B3c3cc(-c4ccc(C(C)(C)C)cc4)cc4c6cc(-c7ccc(C(C)(C)C)cc7)ccc6n-5c34)=CCC(c3ccc(C(C)(C)C)cc3)C=2)cc1. The number of aromatic nitrogens is 2. The standard InChI is InChI=1S/C70H67BN2/c1-67(2,3)50-26-16-42(17-27-50)46-24-34-60-54(36-46)56-38-48(44-20-30-52(31-21-44)69(7,8)9)40-58-65(56)72(60)62-14-13-15-63-64(62)71(58)59-41-49(45-22-32-53(33-23-45)70(10,11)12)39-57-55-37-47(25-35-61(55)73(63)66(57)59)43-18-28-51(29-19-43)68(4,5)6/h13-24,26-41,47H,25H2,1-12H3. The Morgan fingerprint density at radius 3 is 1.34 bits per heavy atom. The monoisotopic (exact) mass is 947 g/mol. The molecule has 13 rings (SSSR count). The van der Waals surface area contributed by atoms with Gasteiger partial charge in [-0.2, -0.15) is 0 Å². The molecule has 0 spiro atoms. The lowest BCUT2D eigenvalue weighted by Gasteiger charge is -2.34. The zero-order valence-electron chi connectivity index (χ0n) is 44.9. The first-order chi connectivity index (χ1) is 34.7. The van der Waals surface area contributed by atoms with Crippen molar-refractivity contribution < 1.29 is 0 Å². The van der Waals surface area contributed by atoms with Crippen molar-refractivity contribution in [3.63, 3.8) is 0 Å². The van der Waals surface area contributed by atoms with Gasteiger partial charge in [-0.25, -0.2) is 0 Å². The van der Waals surface area contributed by atoms with E-state index in [-0.39, 0.29) is 34.3 Å². The second-order valence-corrected chi connectivity index (χ2v) is 25.8. The first-order valence-corrected chi connectivity index (χ1v) is 26.8. The van der Waals surface area contributed by atoms with Crippen molar-refractivity contribution in [1.82, 2.24) is 9.13 Å². The molecule has 2 aliphatic heterocycles. The molecular weight excluding hydrogens is 880 g/mol. The average molecular weight is 947 g/mol. The van der Waals surface area contributed by atoms with Crippen molar-refractivity contribution in [3.05, 3.63) is 196 Å². The number of hydrogen-bond acceptors (Lipinski definition) is 0. The van der Waals surface area contributed by atoms with E-state index < -0.39 is 0 Å². The van der Waals surface area contributed by atoms with Gasteiger partial charge >= 0.3 is 0 Å². The van der Waals surface area contributed by atoms with Gasteiger partial charge in [0.2, 0.25) is 0 Å². The van der Waals surface area contributed by atoms with Crippen LogP contribution in [0.4, 0.5) is 0 Å². The maximum Gasteiger partial charge on any atom is 0.252 e. The third kappa shape index (κ3) is 7.20. The molecule has 360 valence electrons. The molecule has 2 aromatic heterocycles. The molecule has 73 heavy (non-hydrogen) atoms. The molecule has 2 nitrogen and oxygen atoms in total. The first kappa shape index (κ1) is 45.7. The van der Waals surface area contributed by atoms with Crippen molar-refractivity contribution in [2.75, 3.05) is 0 Å². The summed E-state index contributed by atoms with van der Waals surface area (Å²) in [5.74, 6) is 0.284. The number of fused-ring (bicyclic) bond motifs is 10. The van der Waals surface area contributed by atoms with E-state index in [1.54, 1.807) is 0 Å². The zero-order valence-corrected chi connectivity index (χ0v) is 44.9. The van der Waals surface area contributed by atoms with Crippen LogP contribution in [0.1, 0.15) is 123 Å². The number of hydrogen-bond donors (Lipinski definition) is 0. The van der Waals surface area contributed by atoms with E-state index in [0.717, 1.165) is 6.42 Å². The quantitative estimate of drug-likeness (QED) is 0.156. The largest absolute Gasteiger partial charge is 0.311 e. The van der Waals surface area contributed by atoms with Gasteiger partial charge in [0.15, 0.2) is 0 Å². The summed E-state index contributed by atoms with van der Waals surface area (Å²) in [6.07, 6.45) is 6.11. The Morgan fingerprint density at radius 2 is 0.836 bits per heavy atom. The van der Waals surface area contributed by atoms with Gasteiger partial charge in [0.25, 0.3) is 6.71 Å². The van der Waals surface area contributed by atoms with E-state index in [1.165, 1.54) is 132 Å². The van der Waals surface area contributed by atoms with Gasteiger partial charge in [-0.3, -0.25) is 0 Å². The molecule has 0 amide bonds. The van der Waals surface area contributed by atoms with Gasteiger partial charge in [-0.1, -0.05) is 217 Å². The molecule has 3 aliphatic rings. The molecule has 0 saturated heterocycles. The van der Waals surface area contributed by atoms with Crippen LogP contribution in [0.15, 0.2) is 158 Å². The van der Waals surface area contributed by atoms with Crippen LogP contribution < -0.4 is 27.0 Å². The Kier molecular flexibility index (Phi) is 9.84. The lowest BCUT2D eigenvalue weighted by Crippen LogP contribution is -2.60. The smallest absolute Gasteiger partial charge is 0.252 e. The predicted octanol–water partition coefficient (Wildman–Crippen LogP) is 14.8. The highest BCUT2D eigenvalue weighted by Crippen LogP contribution is 2.41. The molecule has 0 N–H and O–H groups in total. The summed E-state index contributed by atoms with van der Waals surface area (Å²) in [6, 6.07) is 62.0. The fraction of sp³-hybridized carbons (Fsp3) is 0.257. The molecule has 1 unspecified atom stereocenters. The van der Waals surface area contributed by atoms with Crippen LogP contribution in [-0.4, -0.2) is 15.8 Å². The van der Waals surface area contributed by atoms with Gasteiger partial charge in [-0.15, -0.1) is 0 Å².